The van der Waals surface area contributed by atoms with Crippen LogP contribution in [0.5, 0.6) is 0 Å². The Morgan fingerprint density at radius 2 is 2.00 bits per heavy atom. The average molecular weight is 310 g/mol. The molecule has 1 fully saturated rings. The molecule has 1 saturated carbocycles. The Morgan fingerprint density at radius 3 is 2.72 bits per heavy atom. The van der Waals surface area contributed by atoms with Crippen molar-refractivity contribution in [2.45, 2.75) is 58.0 Å². The highest BCUT2D eigenvalue weighted by molar-refractivity contribution is 9.10. The van der Waals surface area contributed by atoms with Crippen LogP contribution in [0.4, 0.5) is 0 Å². The Bertz CT molecular complexity index is 377. The number of hydrogen-bond donors (Lipinski definition) is 1. The Balaban J connectivity index is 2.02. The third-order valence-electron chi connectivity index (χ3n) is 4.27. The van der Waals surface area contributed by atoms with E-state index in [-0.39, 0.29) is 0 Å². The maximum Gasteiger partial charge on any atom is 0.0305 e. The van der Waals surface area contributed by atoms with E-state index in [1.165, 1.54) is 42.1 Å². The minimum Gasteiger partial charge on any atom is -0.307 e. The summed E-state index contributed by atoms with van der Waals surface area (Å²) in [6.45, 7) is 4.61. The third-order valence-corrected chi connectivity index (χ3v) is 4.99. The zero-order valence-electron chi connectivity index (χ0n) is 11.5. The van der Waals surface area contributed by atoms with Crippen molar-refractivity contribution in [1.82, 2.24) is 5.32 Å². The second kappa shape index (κ2) is 6.72. The van der Waals surface area contributed by atoms with Crippen LogP contribution in [0, 0.1) is 5.92 Å². The van der Waals surface area contributed by atoms with E-state index < -0.39 is 0 Å². The fourth-order valence-corrected chi connectivity index (χ4v) is 3.78. The van der Waals surface area contributed by atoms with Gasteiger partial charge in [0.2, 0.25) is 0 Å². The fourth-order valence-electron chi connectivity index (χ4n) is 3.15. The summed E-state index contributed by atoms with van der Waals surface area (Å²) in [4.78, 5) is 0. The standard InChI is InChI=1S/C16H24BrN/c1-3-13-8-4-7-11-16(13)18-12(2)14-9-5-6-10-15(14)17/h5-6,9-10,12-13,16,18H,3-4,7-8,11H2,1-2H3. The summed E-state index contributed by atoms with van der Waals surface area (Å²) in [6.07, 6.45) is 6.85. The van der Waals surface area contributed by atoms with Gasteiger partial charge < -0.3 is 5.32 Å². The average Bonchev–Trinajstić information content (AvgIpc) is 2.39. The van der Waals surface area contributed by atoms with Crippen molar-refractivity contribution in [2.24, 2.45) is 5.92 Å². The van der Waals surface area contributed by atoms with Crippen LogP contribution >= 0.6 is 15.9 Å². The van der Waals surface area contributed by atoms with Crippen molar-refractivity contribution in [2.75, 3.05) is 0 Å². The SMILES string of the molecule is CCC1CCCCC1NC(C)c1ccccc1Br. The first-order chi connectivity index (χ1) is 8.72. The van der Waals surface area contributed by atoms with Gasteiger partial charge in [-0.3, -0.25) is 0 Å². The molecule has 0 amide bonds. The van der Waals surface area contributed by atoms with Gasteiger partial charge in [-0.15, -0.1) is 0 Å². The summed E-state index contributed by atoms with van der Waals surface area (Å²) in [5.74, 6) is 0.865. The lowest BCUT2D eigenvalue weighted by atomic mass is 9.82. The second-order valence-corrected chi connectivity index (χ2v) is 6.32. The summed E-state index contributed by atoms with van der Waals surface area (Å²) in [6, 6.07) is 9.67. The van der Waals surface area contributed by atoms with Gasteiger partial charge >= 0.3 is 0 Å². The lowest BCUT2D eigenvalue weighted by molar-refractivity contribution is 0.240. The maximum absolute atomic E-state index is 3.85. The van der Waals surface area contributed by atoms with Crippen LogP contribution in [0.2, 0.25) is 0 Å². The first-order valence-corrected chi connectivity index (χ1v) is 8.02. The zero-order chi connectivity index (χ0) is 13.0. The smallest absolute Gasteiger partial charge is 0.0305 e. The van der Waals surface area contributed by atoms with E-state index in [2.05, 4.69) is 59.4 Å². The van der Waals surface area contributed by atoms with E-state index >= 15 is 0 Å². The van der Waals surface area contributed by atoms with Crippen LogP contribution in [0.1, 0.15) is 57.6 Å². The molecule has 0 saturated heterocycles. The first-order valence-electron chi connectivity index (χ1n) is 7.22. The van der Waals surface area contributed by atoms with Gasteiger partial charge in [0.15, 0.2) is 0 Å². The molecule has 100 valence electrons. The highest BCUT2D eigenvalue weighted by atomic mass is 79.9. The number of rotatable bonds is 4. The second-order valence-electron chi connectivity index (χ2n) is 5.47. The van der Waals surface area contributed by atoms with Crippen molar-refractivity contribution in [3.8, 4) is 0 Å². The summed E-state index contributed by atoms with van der Waals surface area (Å²) in [7, 11) is 0. The van der Waals surface area contributed by atoms with Gasteiger partial charge in [0, 0.05) is 16.6 Å². The molecule has 0 aromatic heterocycles. The van der Waals surface area contributed by atoms with Gasteiger partial charge in [0.05, 0.1) is 0 Å². The van der Waals surface area contributed by atoms with Crippen molar-refractivity contribution in [1.29, 1.82) is 0 Å². The molecule has 18 heavy (non-hydrogen) atoms. The zero-order valence-corrected chi connectivity index (χ0v) is 13.0. The minimum atomic E-state index is 0.428. The molecule has 1 aliphatic rings. The number of benzene rings is 1. The van der Waals surface area contributed by atoms with Crippen LogP contribution in [0.3, 0.4) is 0 Å². The molecule has 1 aromatic rings. The molecule has 1 aromatic carbocycles. The molecule has 3 atom stereocenters. The normalized spacial score (nSPS) is 25.9. The van der Waals surface area contributed by atoms with E-state index in [9.17, 15) is 0 Å². The van der Waals surface area contributed by atoms with E-state index in [4.69, 9.17) is 0 Å². The van der Waals surface area contributed by atoms with Crippen LogP contribution in [-0.2, 0) is 0 Å². The Labute approximate surface area is 119 Å². The van der Waals surface area contributed by atoms with Crippen LogP contribution in [-0.4, -0.2) is 6.04 Å². The van der Waals surface area contributed by atoms with E-state index in [0.29, 0.717) is 12.1 Å². The topological polar surface area (TPSA) is 12.0 Å². The van der Waals surface area contributed by atoms with Gasteiger partial charge in [-0.1, -0.05) is 60.3 Å². The van der Waals surface area contributed by atoms with Crippen LogP contribution < -0.4 is 5.32 Å². The van der Waals surface area contributed by atoms with Gasteiger partial charge in [0.1, 0.15) is 0 Å². The molecule has 2 heteroatoms. The monoisotopic (exact) mass is 309 g/mol. The van der Waals surface area contributed by atoms with Gasteiger partial charge in [-0.05, 0) is 37.3 Å². The molecule has 2 rings (SSSR count). The molecule has 3 unspecified atom stereocenters. The van der Waals surface area contributed by atoms with E-state index in [1.807, 2.05) is 0 Å². The fraction of sp³-hybridized carbons (Fsp3) is 0.625. The largest absolute Gasteiger partial charge is 0.307 e. The van der Waals surface area contributed by atoms with E-state index in [1.54, 1.807) is 0 Å². The Morgan fingerprint density at radius 1 is 1.28 bits per heavy atom. The summed E-state index contributed by atoms with van der Waals surface area (Å²) in [5.41, 5.74) is 1.37. The van der Waals surface area contributed by atoms with Gasteiger partial charge in [0.25, 0.3) is 0 Å². The molecule has 0 spiro atoms. The molecule has 1 aliphatic carbocycles. The highest BCUT2D eigenvalue weighted by Gasteiger charge is 2.25. The molecular weight excluding hydrogens is 286 g/mol. The van der Waals surface area contributed by atoms with E-state index in [0.717, 1.165) is 5.92 Å². The molecule has 0 heterocycles. The number of nitrogens with one attached hydrogen (secondary N) is 1. The molecule has 0 bridgehead atoms. The quantitative estimate of drug-likeness (QED) is 0.819. The van der Waals surface area contributed by atoms with Crippen molar-refractivity contribution in [3.63, 3.8) is 0 Å². The third kappa shape index (κ3) is 3.36. The summed E-state index contributed by atoms with van der Waals surface area (Å²) < 4.78 is 1.22. The van der Waals surface area contributed by atoms with Crippen LogP contribution in [0.15, 0.2) is 28.7 Å². The van der Waals surface area contributed by atoms with Crippen molar-refractivity contribution in [3.05, 3.63) is 34.3 Å². The van der Waals surface area contributed by atoms with Crippen molar-refractivity contribution < 1.29 is 0 Å². The maximum atomic E-state index is 3.85. The predicted molar refractivity (Wildman–Crippen MR) is 81.7 cm³/mol. The molecular formula is C16H24BrN. The molecule has 1 N–H and O–H groups in total. The molecule has 1 nitrogen and oxygen atoms in total. The molecule has 0 radical (unpaired) electrons. The molecule has 0 aliphatic heterocycles. The van der Waals surface area contributed by atoms with Crippen LogP contribution in [0.25, 0.3) is 0 Å². The van der Waals surface area contributed by atoms with Crippen molar-refractivity contribution >= 4 is 15.9 Å². The predicted octanol–water partition coefficient (Wildman–Crippen LogP) is 5.07. The minimum absolute atomic E-state index is 0.428. The summed E-state index contributed by atoms with van der Waals surface area (Å²) >= 11 is 3.65. The summed E-state index contributed by atoms with van der Waals surface area (Å²) in [5, 5.41) is 3.85. The Kier molecular flexibility index (Phi) is 5.25. The Hall–Kier alpha value is -0.340. The van der Waals surface area contributed by atoms with Gasteiger partial charge in [-0.25, -0.2) is 0 Å². The lowest BCUT2D eigenvalue weighted by Crippen LogP contribution is -2.39. The highest BCUT2D eigenvalue weighted by Crippen LogP contribution is 2.30. The lowest BCUT2D eigenvalue weighted by Gasteiger charge is -2.34. The number of hydrogen-bond acceptors (Lipinski definition) is 1. The number of halogens is 1. The van der Waals surface area contributed by atoms with Gasteiger partial charge in [-0.2, -0.15) is 0 Å². The first kappa shape index (κ1) is 14.1.